The molecular formula is C16H19FN2O2. The Labute approximate surface area is 123 Å². The van der Waals surface area contributed by atoms with Gasteiger partial charge >= 0.3 is 5.97 Å². The Morgan fingerprint density at radius 2 is 1.90 bits per heavy atom. The van der Waals surface area contributed by atoms with Crippen molar-refractivity contribution in [1.29, 1.82) is 0 Å². The third-order valence-electron chi connectivity index (χ3n) is 3.04. The van der Waals surface area contributed by atoms with Gasteiger partial charge < -0.3 is 9.30 Å². The first-order valence-corrected chi connectivity index (χ1v) is 6.80. The number of halogens is 1. The molecule has 0 N–H and O–H groups in total. The molecule has 0 saturated heterocycles. The predicted molar refractivity (Wildman–Crippen MR) is 77.6 cm³/mol. The number of nitrogens with zero attached hydrogens (tertiary/aromatic N) is 2. The molecule has 0 aliphatic rings. The Kier molecular flexibility index (Phi) is 4.11. The highest BCUT2D eigenvalue weighted by atomic mass is 19.1. The molecule has 0 radical (unpaired) electrons. The zero-order chi connectivity index (χ0) is 15.6. The number of imidazole rings is 1. The van der Waals surface area contributed by atoms with Crippen molar-refractivity contribution in [1.82, 2.24) is 9.55 Å². The van der Waals surface area contributed by atoms with Crippen molar-refractivity contribution in [2.45, 2.75) is 39.3 Å². The van der Waals surface area contributed by atoms with E-state index in [-0.39, 0.29) is 11.7 Å². The maximum Gasteiger partial charge on any atom is 0.360 e. The minimum absolute atomic E-state index is 0.152. The first-order chi connectivity index (χ1) is 9.79. The van der Waals surface area contributed by atoms with Crippen LogP contribution in [-0.4, -0.2) is 21.1 Å². The molecule has 0 aliphatic carbocycles. The molecular weight excluding hydrogens is 271 g/mol. The van der Waals surface area contributed by atoms with Crippen molar-refractivity contribution in [2.75, 3.05) is 0 Å². The average Bonchev–Trinajstić information content (AvgIpc) is 2.79. The smallest absolute Gasteiger partial charge is 0.360 e. The number of carbonyl (C=O) groups is 1. The van der Waals surface area contributed by atoms with E-state index >= 15 is 0 Å². The molecule has 2 rings (SSSR count). The van der Waals surface area contributed by atoms with E-state index in [2.05, 4.69) is 4.98 Å². The molecule has 0 unspecified atom stereocenters. The number of hydrogen-bond acceptors (Lipinski definition) is 3. The van der Waals surface area contributed by atoms with Crippen LogP contribution in [0, 0.1) is 5.95 Å². The van der Waals surface area contributed by atoms with Gasteiger partial charge in [0.15, 0.2) is 5.69 Å². The van der Waals surface area contributed by atoms with E-state index in [0.29, 0.717) is 0 Å². The van der Waals surface area contributed by atoms with E-state index in [0.717, 1.165) is 5.56 Å². The van der Waals surface area contributed by atoms with Crippen LogP contribution in [-0.2, 0) is 4.74 Å². The molecule has 1 atom stereocenters. The molecule has 0 fully saturated rings. The van der Waals surface area contributed by atoms with Crippen molar-refractivity contribution in [3.63, 3.8) is 0 Å². The molecule has 0 aliphatic heterocycles. The van der Waals surface area contributed by atoms with Gasteiger partial charge in [-0.2, -0.15) is 4.39 Å². The van der Waals surface area contributed by atoms with Crippen LogP contribution in [0.25, 0.3) is 0 Å². The van der Waals surface area contributed by atoms with E-state index < -0.39 is 17.5 Å². The number of rotatable bonds is 3. The lowest BCUT2D eigenvalue weighted by molar-refractivity contribution is 0.00511. The number of esters is 1. The summed E-state index contributed by atoms with van der Waals surface area (Å²) in [6, 6.07) is 9.31. The monoisotopic (exact) mass is 290 g/mol. The summed E-state index contributed by atoms with van der Waals surface area (Å²) in [4.78, 5) is 15.8. The third kappa shape index (κ3) is 3.48. The van der Waals surface area contributed by atoms with E-state index in [1.807, 2.05) is 37.3 Å². The lowest BCUT2D eigenvalue weighted by Gasteiger charge is -2.21. The van der Waals surface area contributed by atoms with Crippen LogP contribution in [0.1, 0.15) is 49.8 Å². The van der Waals surface area contributed by atoms with Gasteiger partial charge in [0.2, 0.25) is 5.95 Å². The highest BCUT2D eigenvalue weighted by Crippen LogP contribution is 2.22. The van der Waals surface area contributed by atoms with Crippen LogP contribution in [0.15, 0.2) is 36.7 Å². The summed E-state index contributed by atoms with van der Waals surface area (Å²) in [7, 11) is 0. The minimum atomic E-state index is -0.813. The van der Waals surface area contributed by atoms with Gasteiger partial charge in [0, 0.05) is 0 Å². The standard InChI is InChI=1S/C16H19FN2O2/c1-11(12-8-6-5-7-9-12)19-10-18-14(17)13(19)15(20)21-16(2,3)4/h5-11H,1-4H3/t11-/m1/s1. The van der Waals surface area contributed by atoms with Crippen LogP contribution in [0.3, 0.4) is 0 Å². The fourth-order valence-electron chi connectivity index (χ4n) is 2.04. The second-order valence-electron chi connectivity index (χ2n) is 5.88. The average molecular weight is 290 g/mol. The van der Waals surface area contributed by atoms with Gasteiger partial charge in [0.25, 0.3) is 0 Å². The van der Waals surface area contributed by atoms with Gasteiger partial charge in [0.05, 0.1) is 12.4 Å². The molecule has 5 heteroatoms. The number of carbonyl (C=O) groups excluding carboxylic acids is 1. The van der Waals surface area contributed by atoms with Crippen molar-refractivity contribution in [2.24, 2.45) is 0 Å². The van der Waals surface area contributed by atoms with E-state index in [1.54, 1.807) is 20.8 Å². The Hall–Kier alpha value is -2.17. The summed E-state index contributed by atoms with van der Waals surface area (Å²) in [5.74, 6) is -1.52. The molecule has 1 aromatic carbocycles. The highest BCUT2D eigenvalue weighted by Gasteiger charge is 2.27. The van der Waals surface area contributed by atoms with Gasteiger partial charge in [-0.05, 0) is 33.3 Å². The molecule has 1 aromatic heterocycles. The van der Waals surface area contributed by atoms with E-state index in [4.69, 9.17) is 4.74 Å². The molecule has 0 spiro atoms. The first-order valence-electron chi connectivity index (χ1n) is 6.80. The normalized spacial score (nSPS) is 13.0. The summed E-state index contributed by atoms with van der Waals surface area (Å²) < 4.78 is 20.6. The van der Waals surface area contributed by atoms with Crippen molar-refractivity contribution in [3.05, 3.63) is 53.9 Å². The van der Waals surface area contributed by atoms with Crippen molar-refractivity contribution < 1.29 is 13.9 Å². The fourth-order valence-corrected chi connectivity index (χ4v) is 2.04. The molecule has 0 saturated carbocycles. The molecule has 4 nitrogen and oxygen atoms in total. The van der Waals surface area contributed by atoms with Gasteiger partial charge in [-0.25, -0.2) is 9.78 Å². The summed E-state index contributed by atoms with van der Waals surface area (Å²) in [6.07, 6.45) is 1.33. The number of ether oxygens (including phenoxy) is 1. The maximum atomic E-state index is 13.9. The predicted octanol–water partition coefficient (Wildman–Crippen LogP) is 3.59. The van der Waals surface area contributed by atoms with Crippen LogP contribution in [0.5, 0.6) is 0 Å². The van der Waals surface area contributed by atoms with E-state index in [1.165, 1.54) is 10.9 Å². The highest BCUT2D eigenvalue weighted by molar-refractivity contribution is 5.88. The summed E-state index contributed by atoms with van der Waals surface area (Å²) in [5.41, 5.74) is 0.121. The second kappa shape index (κ2) is 5.68. The quantitative estimate of drug-likeness (QED) is 0.811. The first kappa shape index (κ1) is 15.2. The molecule has 0 bridgehead atoms. The number of aromatic nitrogens is 2. The van der Waals surface area contributed by atoms with Crippen molar-refractivity contribution in [3.8, 4) is 0 Å². The van der Waals surface area contributed by atoms with Gasteiger partial charge in [-0.15, -0.1) is 0 Å². The number of hydrogen-bond donors (Lipinski definition) is 0. The summed E-state index contributed by atoms with van der Waals surface area (Å²) in [5, 5.41) is 0. The van der Waals surface area contributed by atoms with Gasteiger partial charge in [0.1, 0.15) is 5.60 Å². The minimum Gasteiger partial charge on any atom is -0.455 e. The molecule has 21 heavy (non-hydrogen) atoms. The molecule has 0 amide bonds. The maximum absolute atomic E-state index is 13.9. The van der Waals surface area contributed by atoms with Crippen molar-refractivity contribution >= 4 is 5.97 Å². The fraction of sp³-hybridized carbons (Fsp3) is 0.375. The van der Waals surface area contributed by atoms with Gasteiger partial charge in [-0.3, -0.25) is 0 Å². The Bertz CT molecular complexity index is 629. The SMILES string of the molecule is C[C@H](c1ccccc1)n1cnc(F)c1C(=O)OC(C)(C)C. The van der Waals surface area contributed by atoms with Crippen LogP contribution in [0.2, 0.25) is 0 Å². The lowest BCUT2D eigenvalue weighted by Crippen LogP contribution is -2.26. The largest absolute Gasteiger partial charge is 0.455 e. The van der Waals surface area contributed by atoms with Crippen LogP contribution < -0.4 is 0 Å². The zero-order valence-electron chi connectivity index (χ0n) is 12.6. The van der Waals surface area contributed by atoms with E-state index in [9.17, 15) is 9.18 Å². The topological polar surface area (TPSA) is 44.1 Å². The van der Waals surface area contributed by atoms with Crippen LogP contribution >= 0.6 is 0 Å². The van der Waals surface area contributed by atoms with Crippen LogP contribution in [0.4, 0.5) is 4.39 Å². The lowest BCUT2D eigenvalue weighted by atomic mass is 10.1. The summed E-state index contributed by atoms with van der Waals surface area (Å²) >= 11 is 0. The Morgan fingerprint density at radius 3 is 2.48 bits per heavy atom. The summed E-state index contributed by atoms with van der Waals surface area (Å²) in [6.45, 7) is 7.10. The Balaban J connectivity index is 2.36. The second-order valence-corrected chi connectivity index (χ2v) is 5.88. The van der Waals surface area contributed by atoms with Gasteiger partial charge in [-0.1, -0.05) is 30.3 Å². The Morgan fingerprint density at radius 1 is 1.29 bits per heavy atom. The third-order valence-corrected chi connectivity index (χ3v) is 3.04. The number of benzene rings is 1. The molecule has 112 valence electrons. The zero-order valence-corrected chi connectivity index (χ0v) is 12.6. The molecule has 2 aromatic rings. The molecule has 1 heterocycles.